The molecule has 2 N–H and O–H groups in total. The van der Waals surface area contributed by atoms with Crippen LogP contribution in [-0.2, 0) is 23.0 Å². The Hall–Kier alpha value is -2.04. The van der Waals surface area contributed by atoms with Crippen LogP contribution in [0.5, 0.6) is 0 Å². The van der Waals surface area contributed by atoms with Crippen LogP contribution in [0.1, 0.15) is 29.7 Å². The van der Waals surface area contributed by atoms with Crippen molar-refractivity contribution in [1.82, 2.24) is 19.8 Å². The molecule has 0 bridgehead atoms. The van der Waals surface area contributed by atoms with E-state index in [1.165, 1.54) is 12.1 Å². The van der Waals surface area contributed by atoms with Crippen LogP contribution in [0.4, 0.5) is 4.79 Å². The summed E-state index contributed by atoms with van der Waals surface area (Å²) in [6.45, 7) is 0.645. The first kappa shape index (κ1) is 24.1. The summed E-state index contributed by atoms with van der Waals surface area (Å²) in [7, 11) is -3.97. The summed E-state index contributed by atoms with van der Waals surface area (Å²) in [5, 5.41) is 8.24. The van der Waals surface area contributed by atoms with Crippen LogP contribution >= 0.6 is 46.1 Å². The molecule has 7 nitrogen and oxygen atoms in total. The zero-order valence-corrected chi connectivity index (χ0v) is 21.0. The van der Waals surface area contributed by atoms with Crippen LogP contribution in [0.25, 0.3) is 5.57 Å². The van der Waals surface area contributed by atoms with E-state index < -0.39 is 16.1 Å². The quantitative estimate of drug-likeness (QED) is 0.436. The predicted molar refractivity (Wildman–Crippen MR) is 132 cm³/mol. The summed E-state index contributed by atoms with van der Waals surface area (Å²) in [5.41, 5.74) is 4.05. The van der Waals surface area contributed by atoms with E-state index in [1.54, 1.807) is 12.1 Å². The first-order valence-corrected chi connectivity index (χ1v) is 13.4. The van der Waals surface area contributed by atoms with Gasteiger partial charge in [0.25, 0.3) is 10.0 Å². The fourth-order valence-corrected chi connectivity index (χ4v) is 6.49. The van der Waals surface area contributed by atoms with Gasteiger partial charge in [-0.15, -0.1) is 11.3 Å². The van der Waals surface area contributed by atoms with Gasteiger partial charge in [-0.25, -0.2) is 17.9 Å². The minimum absolute atomic E-state index is 0.0253. The van der Waals surface area contributed by atoms with Gasteiger partial charge in [-0.3, -0.25) is 4.68 Å². The SMILES string of the molecule is O=C(NCC=C1CCCc2cnn(Cc3ccc(Cl)cc3Cl)c21)NS(=O)(=O)c1ccc(Cl)s1. The van der Waals surface area contributed by atoms with Gasteiger partial charge in [-0.2, -0.15) is 5.10 Å². The highest BCUT2D eigenvalue weighted by atomic mass is 35.5. The Morgan fingerprint density at radius 1 is 1.18 bits per heavy atom. The Labute approximate surface area is 210 Å². The van der Waals surface area contributed by atoms with E-state index in [0.717, 1.165) is 53.0 Å². The van der Waals surface area contributed by atoms with Crippen molar-refractivity contribution in [3.8, 4) is 0 Å². The molecule has 12 heteroatoms. The largest absolute Gasteiger partial charge is 0.334 e. The molecular formula is C21H19Cl3N4O3S2. The normalized spacial score (nSPS) is 14.8. The second kappa shape index (κ2) is 10.1. The molecule has 0 radical (unpaired) electrons. The summed E-state index contributed by atoms with van der Waals surface area (Å²) >= 11 is 19.0. The highest BCUT2D eigenvalue weighted by Gasteiger charge is 2.21. The standard InChI is InChI=1S/C21H19Cl3N4O3S2/c22-16-5-4-15(17(23)10-16)12-28-20-13(2-1-3-14(20)11-26-28)8-9-25-21(29)27-33(30,31)19-7-6-18(24)32-19/h4-8,10-11H,1-3,9,12H2,(H2,25,27,29). The molecule has 2 amide bonds. The van der Waals surface area contributed by atoms with E-state index in [9.17, 15) is 13.2 Å². The zero-order chi connectivity index (χ0) is 23.6. The number of fused-ring (bicyclic) bond motifs is 1. The van der Waals surface area contributed by atoms with E-state index >= 15 is 0 Å². The van der Waals surface area contributed by atoms with E-state index in [4.69, 9.17) is 34.8 Å². The Kier molecular flexibility index (Phi) is 7.35. The number of allylic oxidation sites excluding steroid dienone is 1. The molecule has 0 spiro atoms. The van der Waals surface area contributed by atoms with Gasteiger partial charge in [-0.1, -0.05) is 46.9 Å². The molecule has 0 fully saturated rings. The molecule has 1 aliphatic rings. The van der Waals surface area contributed by atoms with Crippen molar-refractivity contribution in [3.05, 3.63) is 73.8 Å². The summed E-state index contributed by atoms with van der Waals surface area (Å²) in [6, 6.07) is 7.36. The summed E-state index contributed by atoms with van der Waals surface area (Å²) < 4.78 is 28.7. The number of nitrogens with zero attached hydrogens (tertiary/aromatic N) is 2. The van der Waals surface area contributed by atoms with Crippen LogP contribution in [-0.4, -0.2) is 30.8 Å². The lowest BCUT2D eigenvalue weighted by Crippen LogP contribution is -2.39. The van der Waals surface area contributed by atoms with Gasteiger partial charge >= 0.3 is 6.03 Å². The molecule has 0 aliphatic heterocycles. The maximum atomic E-state index is 12.3. The fourth-order valence-electron chi connectivity index (χ4n) is 3.61. The van der Waals surface area contributed by atoms with Gasteiger partial charge < -0.3 is 5.32 Å². The van der Waals surface area contributed by atoms with E-state index in [0.29, 0.717) is 20.9 Å². The predicted octanol–water partition coefficient (Wildman–Crippen LogP) is 5.36. The second-order valence-electron chi connectivity index (χ2n) is 7.37. The minimum Gasteiger partial charge on any atom is -0.334 e. The Morgan fingerprint density at radius 3 is 2.73 bits per heavy atom. The number of hydrogen-bond acceptors (Lipinski definition) is 5. The first-order valence-electron chi connectivity index (χ1n) is 9.97. The van der Waals surface area contributed by atoms with E-state index in [1.807, 2.05) is 27.7 Å². The number of rotatable bonds is 6. The van der Waals surface area contributed by atoms with Gasteiger partial charge in [0.15, 0.2) is 0 Å². The lowest BCUT2D eigenvalue weighted by atomic mass is 9.92. The summed E-state index contributed by atoms with van der Waals surface area (Å²) in [4.78, 5) is 12.1. The maximum Gasteiger partial charge on any atom is 0.328 e. The molecule has 0 unspecified atom stereocenters. The molecule has 174 valence electrons. The number of nitrogens with one attached hydrogen (secondary N) is 2. The molecule has 3 aromatic rings. The van der Waals surface area contributed by atoms with Gasteiger partial charge in [0.1, 0.15) is 4.21 Å². The van der Waals surface area contributed by atoms with Crippen molar-refractivity contribution in [3.63, 3.8) is 0 Å². The van der Waals surface area contributed by atoms with E-state index in [-0.39, 0.29) is 10.8 Å². The lowest BCUT2D eigenvalue weighted by molar-refractivity contribution is 0.247. The molecule has 4 rings (SSSR count). The monoisotopic (exact) mass is 544 g/mol. The van der Waals surface area contributed by atoms with Crippen LogP contribution in [0.2, 0.25) is 14.4 Å². The second-order valence-corrected chi connectivity index (χ2v) is 11.8. The van der Waals surface area contributed by atoms with Crippen molar-refractivity contribution >= 4 is 67.8 Å². The van der Waals surface area contributed by atoms with Crippen LogP contribution < -0.4 is 10.0 Å². The van der Waals surface area contributed by atoms with Crippen molar-refractivity contribution in [1.29, 1.82) is 0 Å². The number of urea groups is 1. The van der Waals surface area contributed by atoms with Crippen LogP contribution in [0, 0.1) is 0 Å². The zero-order valence-electron chi connectivity index (χ0n) is 17.1. The van der Waals surface area contributed by atoms with E-state index in [2.05, 4.69) is 10.4 Å². The van der Waals surface area contributed by atoms with Gasteiger partial charge in [-0.05, 0) is 60.2 Å². The van der Waals surface area contributed by atoms with Crippen molar-refractivity contribution < 1.29 is 13.2 Å². The Morgan fingerprint density at radius 2 is 2.00 bits per heavy atom. The van der Waals surface area contributed by atoms with Crippen molar-refractivity contribution in [2.24, 2.45) is 0 Å². The van der Waals surface area contributed by atoms with Crippen LogP contribution in [0.3, 0.4) is 0 Å². The molecule has 0 saturated heterocycles. The number of carbonyl (C=O) groups is 1. The molecule has 2 heterocycles. The number of halogens is 3. The molecule has 1 aromatic carbocycles. The number of carbonyl (C=O) groups excluding carboxylic acids is 1. The average Bonchev–Trinajstić information content (AvgIpc) is 3.37. The first-order chi connectivity index (χ1) is 15.7. The molecular weight excluding hydrogens is 527 g/mol. The number of aromatic nitrogens is 2. The lowest BCUT2D eigenvalue weighted by Gasteiger charge is -2.18. The number of thiophene rings is 1. The molecule has 33 heavy (non-hydrogen) atoms. The number of sulfonamides is 1. The maximum absolute atomic E-state index is 12.3. The molecule has 0 saturated carbocycles. The fraction of sp³-hybridized carbons (Fsp3) is 0.238. The topological polar surface area (TPSA) is 93.1 Å². The van der Waals surface area contributed by atoms with Gasteiger partial charge in [0.2, 0.25) is 0 Å². The number of benzene rings is 1. The van der Waals surface area contributed by atoms with Crippen molar-refractivity contribution in [2.75, 3.05) is 6.54 Å². The van der Waals surface area contributed by atoms with Crippen molar-refractivity contribution in [2.45, 2.75) is 30.0 Å². The number of aryl methyl sites for hydroxylation is 1. The molecule has 0 atom stereocenters. The van der Waals surface area contributed by atoms with Crippen LogP contribution in [0.15, 0.2) is 46.8 Å². The average molecular weight is 546 g/mol. The minimum atomic E-state index is -3.97. The highest BCUT2D eigenvalue weighted by Crippen LogP contribution is 2.32. The third-order valence-corrected chi connectivity index (χ3v) is 8.74. The molecule has 1 aliphatic carbocycles. The third kappa shape index (κ3) is 5.73. The number of amides is 2. The summed E-state index contributed by atoms with van der Waals surface area (Å²) in [6.07, 6.45) is 6.43. The Bertz CT molecular complexity index is 1330. The smallest absolute Gasteiger partial charge is 0.328 e. The number of hydrogen-bond donors (Lipinski definition) is 2. The molecule has 2 aromatic heterocycles. The van der Waals surface area contributed by atoms with Gasteiger partial charge in [0.05, 0.1) is 22.8 Å². The highest BCUT2D eigenvalue weighted by molar-refractivity contribution is 7.92. The summed E-state index contributed by atoms with van der Waals surface area (Å²) in [5.74, 6) is 0. The van der Waals surface area contributed by atoms with Gasteiger partial charge in [0, 0.05) is 16.6 Å². The third-order valence-electron chi connectivity index (χ3n) is 5.10. The Balaban J connectivity index is 1.45.